The maximum atomic E-state index is 4.79. The van der Waals surface area contributed by atoms with E-state index in [1.54, 1.807) is 6.07 Å². The monoisotopic (exact) mass is 152 g/mol. The van der Waals surface area contributed by atoms with Crippen molar-refractivity contribution in [1.29, 1.82) is 0 Å². The molecule has 0 aliphatic heterocycles. The van der Waals surface area contributed by atoms with Crippen LogP contribution in [0, 0.1) is 0 Å². The molecule has 2 aromatic rings. The van der Waals surface area contributed by atoms with Crippen LogP contribution in [0.3, 0.4) is 0 Å². The van der Waals surface area contributed by atoms with Crippen molar-refractivity contribution in [2.75, 3.05) is 0 Å². The SMILES string of the molecule is Sc1cccc2onnc12. The van der Waals surface area contributed by atoms with Crippen LogP contribution in [-0.2, 0) is 0 Å². The summed E-state index contributed by atoms with van der Waals surface area (Å²) in [4.78, 5) is 0.791. The van der Waals surface area contributed by atoms with Crippen LogP contribution in [0.5, 0.6) is 0 Å². The highest BCUT2D eigenvalue weighted by atomic mass is 32.1. The number of nitrogens with zero attached hydrogens (tertiary/aromatic N) is 2. The molecule has 0 bridgehead atoms. The fourth-order valence-electron chi connectivity index (χ4n) is 0.790. The Morgan fingerprint density at radius 3 is 3.10 bits per heavy atom. The number of aromatic nitrogens is 2. The molecule has 1 aromatic carbocycles. The van der Waals surface area contributed by atoms with Crippen molar-refractivity contribution in [3.05, 3.63) is 18.2 Å². The molecule has 0 aliphatic carbocycles. The Bertz CT molecular complexity index is 357. The largest absolute Gasteiger partial charge is 0.337 e. The van der Waals surface area contributed by atoms with E-state index in [0.717, 1.165) is 4.90 Å². The molecule has 0 atom stereocenters. The van der Waals surface area contributed by atoms with Gasteiger partial charge in [0.05, 0.1) is 0 Å². The fraction of sp³-hybridized carbons (Fsp3) is 0. The van der Waals surface area contributed by atoms with E-state index in [9.17, 15) is 0 Å². The third-order valence-electron chi connectivity index (χ3n) is 1.26. The van der Waals surface area contributed by atoms with Gasteiger partial charge in [0, 0.05) is 10.2 Å². The normalized spacial score (nSPS) is 10.5. The van der Waals surface area contributed by atoms with Crippen molar-refractivity contribution in [3.8, 4) is 0 Å². The maximum absolute atomic E-state index is 4.79. The summed E-state index contributed by atoms with van der Waals surface area (Å²) in [5, 5.41) is 7.11. The smallest absolute Gasteiger partial charge is 0.188 e. The summed E-state index contributed by atoms with van der Waals surface area (Å²) in [5.74, 6) is 0. The minimum atomic E-state index is 0.674. The summed E-state index contributed by atoms with van der Waals surface area (Å²) in [5.41, 5.74) is 1.39. The third-order valence-corrected chi connectivity index (χ3v) is 1.62. The zero-order valence-corrected chi connectivity index (χ0v) is 5.88. The number of fused-ring (bicyclic) bond motifs is 1. The second kappa shape index (κ2) is 1.98. The molecule has 10 heavy (non-hydrogen) atoms. The van der Waals surface area contributed by atoms with E-state index in [1.165, 1.54) is 0 Å². The Hall–Kier alpha value is -1.03. The summed E-state index contributed by atoms with van der Waals surface area (Å²) in [7, 11) is 0. The van der Waals surface area contributed by atoms with Gasteiger partial charge in [0.15, 0.2) is 5.58 Å². The molecular weight excluding hydrogens is 148 g/mol. The molecule has 0 saturated carbocycles. The van der Waals surface area contributed by atoms with Gasteiger partial charge in [0.2, 0.25) is 0 Å². The van der Waals surface area contributed by atoms with Crippen LogP contribution in [0.25, 0.3) is 11.1 Å². The van der Waals surface area contributed by atoms with Gasteiger partial charge in [-0.1, -0.05) is 6.07 Å². The van der Waals surface area contributed by atoms with Crippen LogP contribution in [-0.4, -0.2) is 10.4 Å². The Kier molecular flexibility index (Phi) is 1.14. The van der Waals surface area contributed by atoms with Gasteiger partial charge in [-0.2, -0.15) is 0 Å². The van der Waals surface area contributed by atoms with E-state index in [2.05, 4.69) is 23.0 Å². The van der Waals surface area contributed by atoms with Crippen molar-refractivity contribution < 1.29 is 4.52 Å². The van der Waals surface area contributed by atoms with E-state index in [-0.39, 0.29) is 0 Å². The molecule has 0 aliphatic rings. The number of hydrogen-bond acceptors (Lipinski definition) is 4. The molecule has 1 aromatic heterocycles. The van der Waals surface area contributed by atoms with E-state index in [0.29, 0.717) is 11.1 Å². The molecule has 0 N–H and O–H groups in total. The number of benzene rings is 1. The lowest BCUT2D eigenvalue weighted by Crippen LogP contribution is -1.69. The summed E-state index contributed by atoms with van der Waals surface area (Å²) in [6.07, 6.45) is 0. The third kappa shape index (κ3) is 0.690. The molecule has 0 fully saturated rings. The summed E-state index contributed by atoms with van der Waals surface area (Å²) >= 11 is 4.15. The van der Waals surface area contributed by atoms with Crippen molar-refractivity contribution >= 4 is 23.7 Å². The molecule has 3 nitrogen and oxygen atoms in total. The van der Waals surface area contributed by atoms with Crippen molar-refractivity contribution in [2.24, 2.45) is 0 Å². The second-order valence-electron chi connectivity index (χ2n) is 1.90. The van der Waals surface area contributed by atoms with Gasteiger partial charge >= 0.3 is 0 Å². The van der Waals surface area contributed by atoms with E-state index in [1.807, 2.05) is 12.1 Å². The van der Waals surface area contributed by atoms with Crippen LogP contribution < -0.4 is 0 Å². The minimum Gasteiger partial charge on any atom is -0.337 e. The summed E-state index contributed by atoms with van der Waals surface area (Å²) < 4.78 is 4.79. The molecular formula is C6H4N2OS. The Labute approximate surface area is 62.4 Å². The zero-order valence-electron chi connectivity index (χ0n) is 4.98. The molecule has 2 rings (SSSR count). The van der Waals surface area contributed by atoms with Crippen LogP contribution in [0.1, 0.15) is 0 Å². The highest BCUT2D eigenvalue weighted by molar-refractivity contribution is 7.80. The molecule has 50 valence electrons. The predicted molar refractivity (Wildman–Crippen MR) is 39.1 cm³/mol. The Morgan fingerprint density at radius 2 is 2.30 bits per heavy atom. The topological polar surface area (TPSA) is 38.9 Å². The summed E-state index contributed by atoms with van der Waals surface area (Å²) in [6, 6.07) is 5.49. The maximum Gasteiger partial charge on any atom is 0.188 e. The molecule has 0 amide bonds. The molecule has 1 heterocycles. The first-order valence-corrected chi connectivity index (χ1v) is 3.23. The van der Waals surface area contributed by atoms with Gasteiger partial charge in [0.25, 0.3) is 0 Å². The first-order chi connectivity index (χ1) is 4.88. The lowest BCUT2D eigenvalue weighted by Gasteiger charge is -1.86. The number of rotatable bonds is 0. The van der Waals surface area contributed by atoms with Crippen LogP contribution in [0.15, 0.2) is 27.6 Å². The van der Waals surface area contributed by atoms with E-state index >= 15 is 0 Å². The summed E-state index contributed by atoms with van der Waals surface area (Å²) in [6.45, 7) is 0. The lowest BCUT2D eigenvalue weighted by molar-refractivity contribution is 0.424. The van der Waals surface area contributed by atoms with Gasteiger partial charge < -0.3 is 4.52 Å². The van der Waals surface area contributed by atoms with Crippen LogP contribution >= 0.6 is 12.6 Å². The first kappa shape index (κ1) is 5.73. The Morgan fingerprint density at radius 1 is 1.40 bits per heavy atom. The molecule has 0 spiro atoms. The average molecular weight is 152 g/mol. The predicted octanol–water partition coefficient (Wildman–Crippen LogP) is 1.51. The number of hydrogen-bond donors (Lipinski definition) is 1. The average Bonchev–Trinajstić information content (AvgIpc) is 2.36. The van der Waals surface area contributed by atoms with Crippen LogP contribution in [0.2, 0.25) is 0 Å². The fourth-order valence-corrected chi connectivity index (χ4v) is 1.03. The van der Waals surface area contributed by atoms with Crippen molar-refractivity contribution in [2.45, 2.75) is 4.90 Å². The molecule has 0 unspecified atom stereocenters. The molecule has 4 heteroatoms. The van der Waals surface area contributed by atoms with E-state index < -0.39 is 0 Å². The van der Waals surface area contributed by atoms with Gasteiger partial charge in [-0.25, -0.2) is 0 Å². The first-order valence-electron chi connectivity index (χ1n) is 2.78. The minimum absolute atomic E-state index is 0.674. The second-order valence-corrected chi connectivity index (χ2v) is 2.38. The van der Waals surface area contributed by atoms with Crippen molar-refractivity contribution in [3.63, 3.8) is 0 Å². The molecule has 0 saturated heterocycles. The number of thiol groups is 1. The van der Waals surface area contributed by atoms with Gasteiger partial charge in [-0.05, 0) is 12.1 Å². The zero-order chi connectivity index (χ0) is 6.97. The quantitative estimate of drug-likeness (QED) is 0.581. The van der Waals surface area contributed by atoms with Gasteiger partial charge in [0.1, 0.15) is 5.52 Å². The molecule has 0 radical (unpaired) electrons. The highest BCUT2D eigenvalue weighted by Crippen LogP contribution is 2.17. The standard InChI is InChI=1S/C6H4N2OS/c10-5-3-1-2-4-6(5)7-8-9-4/h1-3,10H. The van der Waals surface area contributed by atoms with Gasteiger partial charge in [-0.3, -0.25) is 0 Å². The van der Waals surface area contributed by atoms with Crippen LogP contribution in [0.4, 0.5) is 0 Å². The van der Waals surface area contributed by atoms with E-state index in [4.69, 9.17) is 4.52 Å². The lowest BCUT2D eigenvalue weighted by atomic mass is 10.3. The van der Waals surface area contributed by atoms with Gasteiger partial charge in [-0.15, -0.1) is 17.7 Å². The highest BCUT2D eigenvalue weighted by Gasteiger charge is 2.00. The Balaban J connectivity index is 2.95. The van der Waals surface area contributed by atoms with Crippen molar-refractivity contribution in [1.82, 2.24) is 10.4 Å².